The van der Waals surface area contributed by atoms with Gasteiger partial charge in [-0.1, -0.05) is 157 Å². The summed E-state index contributed by atoms with van der Waals surface area (Å²) in [6.45, 7) is 2.08. The van der Waals surface area contributed by atoms with E-state index in [4.69, 9.17) is 0 Å². The molecule has 0 radical (unpaired) electrons. The van der Waals surface area contributed by atoms with E-state index in [1.165, 1.54) is 5.56 Å². The molecule has 0 saturated carbocycles. The van der Waals surface area contributed by atoms with Gasteiger partial charge >= 0.3 is 0 Å². The standard InChI is InChI=1S/C27H28/c1-27-25-23-21-19-17-15-13-11-9-7-5-3-2-4-6-8-10-12-14-16-18-20-22-24-26-27/h2-26H,1H3. The Balaban J connectivity index is 3.08. The summed E-state index contributed by atoms with van der Waals surface area (Å²) in [6, 6.07) is 50.4. The first kappa shape index (κ1) is 21.7. The lowest BCUT2D eigenvalue weighted by atomic mass is 10.3. The van der Waals surface area contributed by atoms with Crippen molar-refractivity contribution in [3.63, 3.8) is 0 Å². The summed E-state index contributed by atoms with van der Waals surface area (Å²) in [5, 5.41) is 0. The number of hydrogen-bond acceptors (Lipinski definition) is 0. The Morgan fingerprint density at radius 1 is 0.259 bits per heavy atom. The Hall–Kier alpha value is -3.38. The highest BCUT2D eigenvalue weighted by Crippen LogP contribution is 1.89. The Labute approximate surface area is 164 Å². The van der Waals surface area contributed by atoms with E-state index in [2.05, 4.69) is 19.1 Å². The highest BCUT2D eigenvalue weighted by molar-refractivity contribution is 5.08. The first-order valence-corrected chi connectivity index (χ1v) is 9.08. The van der Waals surface area contributed by atoms with Crippen molar-refractivity contribution in [1.82, 2.24) is 0 Å². The van der Waals surface area contributed by atoms with Crippen LogP contribution in [0.1, 0.15) is 5.56 Å². The summed E-state index contributed by atoms with van der Waals surface area (Å²) in [5.41, 5.74) is 1.20. The molecule has 0 saturated heterocycles. The largest absolute Gasteiger partial charge is 0.0623 e. The molecule has 0 unspecified atom stereocenters. The normalized spacial score (nSPS) is 8.19. The van der Waals surface area contributed by atoms with Gasteiger partial charge in [-0.2, -0.15) is 0 Å². The van der Waals surface area contributed by atoms with Crippen LogP contribution in [0.25, 0.3) is 0 Å². The highest BCUT2D eigenvalue weighted by Gasteiger charge is 1.69. The van der Waals surface area contributed by atoms with E-state index in [-0.39, 0.29) is 0 Å². The Morgan fingerprint density at radius 3 is 0.593 bits per heavy atom. The molecule has 0 heteroatoms. The predicted molar refractivity (Wildman–Crippen MR) is 119 cm³/mol. The monoisotopic (exact) mass is 352 g/mol. The van der Waals surface area contributed by atoms with Crippen molar-refractivity contribution < 1.29 is 0 Å². The van der Waals surface area contributed by atoms with Crippen molar-refractivity contribution in [3.05, 3.63) is 157 Å². The average Bonchev–Trinajstić information content (AvgIpc) is 2.67. The van der Waals surface area contributed by atoms with Crippen LogP contribution in [0.5, 0.6) is 0 Å². The molecule has 0 aliphatic heterocycles. The lowest BCUT2D eigenvalue weighted by Gasteiger charge is -1.79. The maximum atomic E-state index is 2.08. The topological polar surface area (TPSA) is 0 Å². The highest BCUT2D eigenvalue weighted by atomic mass is 13.8. The zero-order chi connectivity index (χ0) is 19.3. The molecule has 0 aliphatic carbocycles. The van der Waals surface area contributed by atoms with E-state index in [9.17, 15) is 0 Å². The zero-order valence-corrected chi connectivity index (χ0v) is 15.9. The van der Waals surface area contributed by atoms with Crippen LogP contribution in [0.3, 0.4) is 0 Å². The number of aryl methyl sites for hydroxylation is 1. The molecule has 0 aromatic heterocycles. The summed E-state index contributed by atoms with van der Waals surface area (Å²) in [6.07, 6.45) is 0. The summed E-state index contributed by atoms with van der Waals surface area (Å²) >= 11 is 0. The summed E-state index contributed by atoms with van der Waals surface area (Å²) in [4.78, 5) is 0. The molecular formula is C27H28. The van der Waals surface area contributed by atoms with Crippen LogP contribution in [0.4, 0.5) is 0 Å². The molecular weight excluding hydrogens is 324 g/mol. The second kappa shape index (κ2) is 17.4. The predicted octanol–water partition coefficient (Wildman–Crippen LogP) is 7.62. The summed E-state index contributed by atoms with van der Waals surface area (Å²) < 4.78 is 0. The molecule has 0 bridgehead atoms. The summed E-state index contributed by atoms with van der Waals surface area (Å²) in [7, 11) is 0. The van der Waals surface area contributed by atoms with Gasteiger partial charge in [0.2, 0.25) is 0 Å². The molecule has 0 atom stereocenters. The average molecular weight is 353 g/mol. The van der Waals surface area contributed by atoms with Crippen molar-refractivity contribution in [2.45, 2.75) is 6.92 Å². The lowest BCUT2D eigenvalue weighted by molar-refractivity contribution is 1.50. The van der Waals surface area contributed by atoms with Gasteiger partial charge in [0.15, 0.2) is 0 Å². The van der Waals surface area contributed by atoms with Gasteiger partial charge in [0, 0.05) is 0 Å². The third-order valence-electron chi connectivity index (χ3n) is 3.16. The lowest BCUT2D eigenvalue weighted by Crippen LogP contribution is -1.59. The van der Waals surface area contributed by atoms with Gasteiger partial charge in [0.05, 0.1) is 0 Å². The molecule has 1 aromatic carbocycles. The quantitative estimate of drug-likeness (QED) is 0.450. The molecule has 0 heterocycles. The molecule has 0 spiro atoms. The van der Waals surface area contributed by atoms with Crippen molar-refractivity contribution >= 4 is 0 Å². The van der Waals surface area contributed by atoms with Gasteiger partial charge in [-0.25, -0.2) is 0 Å². The minimum atomic E-state index is 1.20. The molecule has 0 N–H and O–H groups in total. The molecule has 0 nitrogen and oxygen atoms in total. The number of hydrogen-bond donors (Lipinski definition) is 0. The van der Waals surface area contributed by atoms with Crippen molar-refractivity contribution in [2.75, 3.05) is 0 Å². The van der Waals surface area contributed by atoms with Crippen LogP contribution in [-0.4, -0.2) is 0 Å². The third-order valence-corrected chi connectivity index (χ3v) is 3.16. The van der Waals surface area contributed by atoms with E-state index in [0.29, 0.717) is 0 Å². The first-order chi connectivity index (χ1) is 13.4. The fourth-order valence-corrected chi connectivity index (χ4v) is 1.82. The van der Waals surface area contributed by atoms with Gasteiger partial charge < -0.3 is 0 Å². The van der Waals surface area contributed by atoms with Crippen molar-refractivity contribution in [3.8, 4) is 0 Å². The van der Waals surface area contributed by atoms with Crippen molar-refractivity contribution in [2.24, 2.45) is 0 Å². The summed E-state index contributed by atoms with van der Waals surface area (Å²) in [5.74, 6) is 0. The van der Waals surface area contributed by atoms with E-state index >= 15 is 0 Å². The SMILES string of the molecule is Cc1ccccccccccccccccccccccccc1. The third kappa shape index (κ3) is 15.9. The smallest absolute Gasteiger partial charge is 0.0398 e. The number of rotatable bonds is 0. The maximum Gasteiger partial charge on any atom is -0.0398 e. The fourth-order valence-electron chi connectivity index (χ4n) is 1.82. The van der Waals surface area contributed by atoms with Gasteiger partial charge in [-0.05, 0) is 6.92 Å². The van der Waals surface area contributed by atoms with E-state index in [1.807, 2.05) is 140 Å². The van der Waals surface area contributed by atoms with Crippen LogP contribution in [0.2, 0.25) is 0 Å². The van der Waals surface area contributed by atoms with E-state index in [0.717, 1.165) is 0 Å². The maximum absolute atomic E-state index is 2.08. The van der Waals surface area contributed by atoms with Crippen LogP contribution in [0, 0.1) is 6.92 Å². The van der Waals surface area contributed by atoms with Gasteiger partial charge in [0.1, 0.15) is 0 Å². The molecule has 27 heavy (non-hydrogen) atoms. The Morgan fingerprint density at radius 2 is 0.407 bits per heavy atom. The van der Waals surface area contributed by atoms with Crippen LogP contribution in [-0.2, 0) is 0 Å². The van der Waals surface area contributed by atoms with Gasteiger partial charge in [0.25, 0.3) is 0 Å². The minimum Gasteiger partial charge on any atom is -0.0623 e. The minimum absolute atomic E-state index is 1.20. The molecule has 1 rings (SSSR count). The molecule has 0 fully saturated rings. The van der Waals surface area contributed by atoms with Crippen LogP contribution < -0.4 is 0 Å². The molecule has 0 aliphatic rings. The van der Waals surface area contributed by atoms with Gasteiger partial charge in [-0.3, -0.25) is 0 Å². The van der Waals surface area contributed by atoms with E-state index in [1.54, 1.807) is 0 Å². The Bertz CT molecular complexity index is 754. The Kier molecular flexibility index (Phi) is 14.0. The van der Waals surface area contributed by atoms with Crippen molar-refractivity contribution in [1.29, 1.82) is 0 Å². The van der Waals surface area contributed by atoms with Gasteiger partial charge in [-0.15, -0.1) is 0 Å². The second-order valence-corrected chi connectivity index (χ2v) is 5.50. The van der Waals surface area contributed by atoms with Crippen LogP contribution >= 0.6 is 0 Å². The molecule has 0 amide bonds. The molecule has 1 aromatic rings. The first-order valence-electron chi connectivity index (χ1n) is 9.08. The zero-order valence-electron chi connectivity index (χ0n) is 15.9. The fraction of sp³-hybridized carbons (Fsp3) is 0.0370. The second-order valence-electron chi connectivity index (χ2n) is 5.50. The van der Waals surface area contributed by atoms with Crippen LogP contribution in [0.15, 0.2) is 152 Å². The molecule has 136 valence electrons. The van der Waals surface area contributed by atoms with E-state index < -0.39 is 0 Å².